The van der Waals surface area contributed by atoms with Gasteiger partial charge in [0.1, 0.15) is 0 Å². The largest absolute Gasteiger partial charge is 0.339 e. The molecule has 20 heavy (non-hydrogen) atoms. The standard InChI is InChI=1S/C12H22N4O3S/c1-3-12-15-11(16-19-12)6-7-13-9(2)8-14-20(17,18)10-4-5-10/h9-10,13-14H,3-8H2,1-2H3/t9-/m0/s1. The Balaban J connectivity index is 1.63. The van der Waals surface area contributed by atoms with E-state index < -0.39 is 10.0 Å². The molecule has 1 aromatic rings. The third-order valence-corrected chi connectivity index (χ3v) is 5.13. The van der Waals surface area contributed by atoms with Crippen molar-refractivity contribution in [2.45, 2.75) is 50.8 Å². The molecule has 1 saturated carbocycles. The van der Waals surface area contributed by atoms with Crippen LogP contribution in [0.25, 0.3) is 0 Å². The Bertz CT molecular complexity index is 525. The summed E-state index contributed by atoms with van der Waals surface area (Å²) in [6.07, 6.45) is 2.98. The van der Waals surface area contributed by atoms with Gasteiger partial charge in [-0.1, -0.05) is 12.1 Å². The summed E-state index contributed by atoms with van der Waals surface area (Å²) in [7, 11) is -3.09. The summed E-state index contributed by atoms with van der Waals surface area (Å²) in [5.41, 5.74) is 0. The molecule has 0 amide bonds. The van der Waals surface area contributed by atoms with Crippen LogP contribution in [0.4, 0.5) is 0 Å². The van der Waals surface area contributed by atoms with Crippen molar-refractivity contribution in [3.63, 3.8) is 0 Å². The molecule has 2 rings (SSSR count). The van der Waals surface area contributed by atoms with Crippen molar-refractivity contribution in [2.24, 2.45) is 0 Å². The first-order valence-corrected chi connectivity index (χ1v) is 8.59. The molecule has 0 bridgehead atoms. The van der Waals surface area contributed by atoms with Gasteiger partial charge in [0.25, 0.3) is 0 Å². The first-order chi connectivity index (χ1) is 9.51. The average molecular weight is 302 g/mol. The number of rotatable bonds is 9. The Morgan fingerprint density at radius 3 is 2.80 bits per heavy atom. The molecule has 114 valence electrons. The minimum absolute atomic E-state index is 0.0704. The maximum atomic E-state index is 11.7. The second kappa shape index (κ2) is 6.64. The van der Waals surface area contributed by atoms with Crippen molar-refractivity contribution in [3.8, 4) is 0 Å². The molecule has 2 N–H and O–H groups in total. The first kappa shape index (κ1) is 15.4. The van der Waals surface area contributed by atoms with E-state index in [1.807, 2.05) is 13.8 Å². The van der Waals surface area contributed by atoms with Gasteiger partial charge in [-0.2, -0.15) is 4.98 Å². The zero-order chi connectivity index (χ0) is 14.6. The Morgan fingerprint density at radius 1 is 1.45 bits per heavy atom. The van der Waals surface area contributed by atoms with E-state index in [0.29, 0.717) is 31.2 Å². The number of aryl methyl sites for hydroxylation is 1. The van der Waals surface area contributed by atoms with E-state index in [0.717, 1.165) is 19.3 Å². The first-order valence-electron chi connectivity index (χ1n) is 7.04. The van der Waals surface area contributed by atoms with E-state index in [2.05, 4.69) is 20.2 Å². The van der Waals surface area contributed by atoms with Crippen LogP contribution in [0.1, 0.15) is 38.4 Å². The summed E-state index contributed by atoms with van der Waals surface area (Å²) in [4.78, 5) is 4.21. The van der Waals surface area contributed by atoms with Crippen LogP contribution in [0.5, 0.6) is 0 Å². The second-order valence-electron chi connectivity index (χ2n) is 5.16. The molecule has 1 atom stereocenters. The molecule has 1 heterocycles. The summed E-state index contributed by atoms with van der Waals surface area (Å²) < 4.78 is 31.0. The fourth-order valence-electron chi connectivity index (χ4n) is 1.78. The summed E-state index contributed by atoms with van der Waals surface area (Å²) in [6.45, 7) is 5.01. The lowest BCUT2D eigenvalue weighted by Gasteiger charge is -2.14. The van der Waals surface area contributed by atoms with Gasteiger partial charge < -0.3 is 9.84 Å². The lowest BCUT2D eigenvalue weighted by Crippen LogP contribution is -2.40. The number of nitrogens with zero attached hydrogens (tertiary/aromatic N) is 2. The Kier molecular flexibility index (Phi) is 5.11. The molecule has 0 aliphatic heterocycles. The third kappa shape index (κ3) is 4.53. The van der Waals surface area contributed by atoms with Gasteiger partial charge in [-0.15, -0.1) is 0 Å². The topological polar surface area (TPSA) is 97.1 Å². The average Bonchev–Trinajstić information content (AvgIpc) is 3.18. The summed E-state index contributed by atoms with van der Waals surface area (Å²) in [5.74, 6) is 1.32. The fraction of sp³-hybridized carbons (Fsp3) is 0.833. The number of hydrogen-bond donors (Lipinski definition) is 2. The number of sulfonamides is 1. The van der Waals surface area contributed by atoms with Gasteiger partial charge in [0, 0.05) is 32.0 Å². The minimum atomic E-state index is -3.09. The van der Waals surface area contributed by atoms with E-state index >= 15 is 0 Å². The molecular formula is C12H22N4O3S. The van der Waals surface area contributed by atoms with Gasteiger partial charge in [-0.3, -0.25) is 0 Å². The Morgan fingerprint density at radius 2 is 2.20 bits per heavy atom. The molecule has 0 unspecified atom stereocenters. The van der Waals surface area contributed by atoms with E-state index in [9.17, 15) is 8.42 Å². The predicted octanol–water partition coefficient (Wildman–Crippen LogP) is 0.234. The molecule has 1 aromatic heterocycles. The molecule has 1 aliphatic carbocycles. The van der Waals surface area contributed by atoms with E-state index in [1.165, 1.54) is 0 Å². The lowest BCUT2D eigenvalue weighted by molar-refractivity contribution is 0.376. The van der Waals surface area contributed by atoms with E-state index in [1.54, 1.807) is 0 Å². The molecular weight excluding hydrogens is 280 g/mol. The third-order valence-electron chi connectivity index (χ3n) is 3.21. The SMILES string of the molecule is CCc1nc(CCN[C@@H](C)CNS(=O)(=O)C2CC2)no1. The molecule has 7 nitrogen and oxygen atoms in total. The molecule has 8 heteroatoms. The smallest absolute Gasteiger partial charge is 0.226 e. The summed E-state index contributed by atoms with van der Waals surface area (Å²) >= 11 is 0. The minimum Gasteiger partial charge on any atom is -0.339 e. The van der Waals surface area contributed by atoms with Crippen molar-refractivity contribution in [1.29, 1.82) is 0 Å². The number of nitrogens with one attached hydrogen (secondary N) is 2. The zero-order valence-corrected chi connectivity index (χ0v) is 12.7. The van der Waals surface area contributed by atoms with Gasteiger partial charge in [0.05, 0.1) is 5.25 Å². The quantitative estimate of drug-likeness (QED) is 0.678. The second-order valence-corrected chi connectivity index (χ2v) is 7.20. The van der Waals surface area contributed by atoms with Crippen LogP contribution in [-0.2, 0) is 22.9 Å². The van der Waals surface area contributed by atoms with Gasteiger partial charge >= 0.3 is 0 Å². The van der Waals surface area contributed by atoms with Crippen LogP contribution >= 0.6 is 0 Å². The fourth-order valence-corrected chi connectivity index (χ4v) is 3.25. The van der Waals surface area contributed by atoms with Crippen molar-refractivity contribution >= 4 is 10.0 Å². The molecule has 0 radical (unpaired) electrons. The van der Waals surface area contributed by atoms with Crippen LogP contribution in [0, 0.1) is 0 Å². The van der Waals surface area contributed by atoms with Gasteiger partial charge in [0.15, 0.2) is 5.82 Å². The van der Waals surface area contributed by atoms with Crippen molar-refractivity contribution in [3.05, 3.63) is 11.7 Å². The monoisotopic (exact) mass is 302 g/mol. The van der Waals surface area contributed by atoms with Gasteiger partial charge in [-0.05, 0) is 19.8 Å². The van der Waals surface area contributed by atoms with Crippen LogP contribution in [-0.4, -0.2) is 42.9 Å². The summed E-state index contributed by atoms with van der Waals surface area (Å²) in [6, 6.07) is 0.0704. The van der Waals surface area contributed by atoms with Crippen molar-refractivity contribution < 1.29 is 12.9 Å². The molecule has 0 saturated heterocycles. The van der Waals surface area contributed by atoms with Crippen molar-refractivity contribution in [2.75, 3.05) is 13.1 Å². The van der Waals surface area contributed by atoms with Gasteiger partial charge in [-0.25, -0.2) is 13.1 Å². The molecule has 1 fully saturated rings. The highest BCUT2D eigenvalue weighted by atomic mass is 32.2. The van der Waals surface area contributed by atoms with Crippen LogP contribution < -0.4 is 10.0 Å². The Labute approximate surface area is 119 Å². The molecule has 0 spiro atoms. The van der Waals surface area contributed by atoms with Crippen LogP contribution in [0.3, 0.4) is 0 Å². The zero-order valence-electron chi connectivity index (χ0n) is 11.9. The van der Waals surface area contributed by atoms with Crippen molar-refractivity contribution in [1.82, 2.24) is 20.2 Å². The lowest BCUT2D eigenvalue weighted by atomic mass is 10.3. The molecule has 0 aromatic carbocycles. The summed E-state index contributed by atoms with van der Waals surface area (Å²) in [5, 5.41) is 6.94. The maximum Gasteiger partial charge on any atom is 0.226 e. The normalized spacial score (nSPS) is 17.3. The predicted molar refractivity (Wildman–Crippen MR) is 74.8 cm³/mol. The Hall–Kier alpha value is -0.990. The van der Waals surface area contributed by atoms with E-state index in [-0.39, 0.29) is 11.3 Å². The highest BCUT2D eigenvalue weighted by Gasteiger charge is 2.35. The molecule has 1 aliphatic rings. The highest BCUT2D eigenvalue weighted by Crippen LogP contribution is 2.27. The van der Waals surface area contributed by atoms with E-state index in [4.69, 9.17) is 4.52 Å². The van der Waals surface area contributed by atoms with Crippen LogP contribution in [0.15, 0.2) is 4.52 Å². The number of hydrogen-bond acceptors (Lipinski definition) is 6. The van der Waals surface area contributed by atoms with Gasteiger partial charge in [0.2, 0.25) is 15.9 Å². The highest BCUT2D eigenvalue weighted by molar-refractivity contribution is 7.90. The maximum absolute atomic E-state index is 11.7. The number of aromatic nitrogens is 2. The van der Waals surface area contributed by atoms with Crippen LogP contribution in [0.2, 0.25) is 0 Å².